The molecule has 3 heteroatoms. The zero-order chi connectivity index (χ0) is 14.3. The Hall–Kier alpha value is -1.25. The molecule has 1 heterocycles. The Morgan fingerprint density at radius 3 is 2.85 bits per heavy atom. The first-order chi connectivity index (χ1) is 9.47. The summed E-state index contributed by atoms with van der Waals surface area (Å²) in [6.45, 7) is 6.73. The fourth-order valence-corrected chi connectivity index (χ4v) is 3.38. The molecule has 20 heavy (non-hydrogen) atoms. The standard InChI is InChI=1S/C17H20ClNO/c1-11(15-5-4-8-20-15)19-16-14-9-13(18)7-6-12(14)10-17(16,2)3/h4-9,11,16,19H,10H2,1-3H3/t11-,16?/m0/s1. The van der Waals surface area contributed by atoms with Gasteiger partial charge in [-0.05, 0) is 54.2 Å². The third kappa shape index (κ3) is 2.38. The molecule has 106 valence electrons. The van der Waals surface area contributed by atoms with E-state index in [0.717, 1.165) is 17.2 Å². The lowest BCUT2D eigenvalue weighted by atomic mass is 9.85. The van der Waals surface area contributed by atoms with E-state index in [1.165, 1.54) is 11.1 Å². The molecule has 1 unspecified atom stereocenters. The molecule has 1 aromatic heterocycles. The Morgan fingerprint density at radius 1 is 1.35 bits per heavy atom. The number of rotatable bonds is 3. The molecule has 1 N–H and O–H groups in total. The molecule has 0 saturated carbocycles. The highest BCUT2D eigenvalue weighted by Crippen LogP contribution is 2.46. The summed E-state index contributed by atoms with van der Waals surface area (Å²) in [6.07, 6.45) is 2.79. The molecule has 2 aromatic rings. The van der Waals surface area contributed by atoms with Crippen LogP contribution in [0.3, 0.4) is 0 Å². The lowest BCUT2D eigenvalue weighted by Crippen LogP contribution is -2.32. The highest BCUT2D eigenvalue weighted by Gasteiger charge is 2.39. The average Bonchev–Trinajstić information content (AvgIpc) is 2.98. The van der Waals surface area contributed by atoms with Crippen molar-refractivity contribution in [3.8, 4) is 0 Å². The summed E-state index contributed by atoms with van der Waals surface area (Å²) in [7, 11) is 0. The van der Waals surface area contributed by atoms with E-state index in [9.17, 15) is 0 Å². The number of fused-ring (bicyclic) bond motifs is 1. The highest BCUT2D eigenvalue weighted by atomic mass is 35.5. The van der Waals surface area contributed by atoms with Crippen molar-refractivity contribution >= 4 is 11.6 Å². The van der Waals surface area contributed by atoms with Crippen molar-refractivity contribution in [2.24, 2.45) is 5.41 Å². The van der Waals surface area contributed by atoms with Gasteiger partial charge in [-0.1, -0.05) is 31.5 Å². The van der Waals surface area contributed by atoms with Crippen molar-refractivity contribution < 1.29 is 4.42 Å². The van der Waals surface area contributed by atoms with E-state index in [1.54, 1.807) is 6.26 Å². The van der Waals surface area contributed by atoms with Gasteiger partial charge in [0.15, 0.2) is 0 Å². The molecule has 1 aliphatic carbocycles. The third-order valence-electron chi connectivity index (χ3n) is 4.23. The Bertz CT molecular complexity index is 603. The molecule has 0 aliphatic heterocycles. The molecule has 0 fully saturated rings. The van der Waals surface area contributed by atoms with Crippen molar-refractivity contribution in [1.29, 1.82) is 0 Å². The maximum absolute atomic E-state index is 6.17. The lowest BCUT2D eigenvalue weighted by Gasteiger charge is -2.31. The van der Waals surface area contributed by atoms with Gasteiger partial charge in [0.1, 0.15) is 5.76 Å². The summed E-state index contributed by atoms with van der Waals surface area (Å²) in [5, 5.41) is 4.51. The van der Waals surface area contributed by atoms with Crippen LogP contribution in [0, 0.1) is 5.41 Å². The molecule has 0 radical (unpaired) electrons. The van der Waals surface area contributed by atoms with E-state index in [1.807, 2.05) is 18.2 Å². The number of benzene rings is 1. The average molecular weight is 290 g/mol. The van der Waals surface area contributed by atoms with Crippen LogP contribution in [0.4, 0.5) is 0 Å². The molecule has 2 atom stereocenters. The van der Waals surface area contributed by atoms with E-state index in [2.05, 4.69) is 38.2 Å². The molecular formula is C17H20ClNO. The van der Waals surface area contributed by atoms with Gasteiger partial charge in [0.05, 0.1) is 12.3 Å². The fourth-order valence-electron chi connectivity index (χ4n) is 3.19. The van der Waals surface area contributed by atoms with Gasteiger partial charge in [-0.3, -0.25) is 0 Å². The van der Waals surface area contributed by atoms with Crippen molar-refractivity contribution in [3.05, 3.63) is 58.5 Å². The minimum absolute atomic E-state index is 0.174. The molecule has 3 rings (SSSR count). The number of halogens is 1. The Morgan fingerprint density at radius 2 is 2.15 bits per heavy atom. The molecule has 1 aromatic carbocycles. The minimum atomic E-state index is 0.174. The predicted molar refractivity (Wildman–Crippen MR) is 81.9 cm³/mol. The number of nitrogens with one attached hydrogen (secondary N) is 1. The van der Waals surface area contributed by atoms with E-state index in [4.69, 9.17) is 16.0 Å². The summed E-state index contributed by atoms with van der Waals surface area (Å²) < 4.78 is 5.50. The summed E-state index contributed by atoms with van der Waals surface area (Å²) in [5.41, 5.74) is 2.89. The van der Waals surface area contributed by atoms with Crippen LogP contribution < -0.4 is 5.32 Å². The fraction of sp³-hybridized carbons (Fsp3) is 0.412. The van der Waals surface area contributed by atoms with Crippen LogP contribution in [0.15, 0.2) is 41.0 Å². The normalized spacial score (nSPS) is 21.7. The predicted octanol–water partition coefficient (Wildman–Crippen LogP) is 4.91. The van der Waals surface area contributed by atoms with Crippen LogP contribution >= 0.6 is 11.6 Å². The third-order valence-corrected chi connectivity index (χ3v) is 4.47. The largest absolute Gasteiger partial charge is 0.468 e. The molecule has 0 saturated heterocycles. The second kappa shape index (κ2) is 4.94. The van der Waals surface area contributed by atoms with Gasteiger partial charge < -0.3 is 9.73 Å². The summed E-state index contributed by atoms with van der Waals surface area (Å²) >= 11 is 6.17. The first-order valence-electron chi connectivity index (χ1n) is 7.05. The minimum Gasteiger partial charge on any atom is -0.468 e. The first kappa shape index (κ1) is 13.7. The van der Waals surface area contributed by atoms with Gasteiger partial charge in [0, 0.05) is 11.1 Å². The van der Waals surface area contributed by atoms with Crippen LogP contribution in [0.1, 0.15) is 49.7 Å². The van der Waals surface area contributed by atoms with Crippen molar-refractivity contribution in [3.63, 3.8) is 0 Å². The van der Waals surface area contributed by atoms with Gasteiger partial charge in [-0.25, -0.2) is 0 Å². The number of furan rings is 1. The smallest absolute Gasteiger partial charge is 0.120 e. The van der Waals surface area contributed by atoms with Gasteiger partial charge in [-0.2, -0.15) is 0 Å². The lowest BCUT2D eigenvalue weighted by molar-refractivity contribution is 0.243. The Balaban J connectivity index is 1.90. The molecule has 0 spiro atoms. The van der Waals surface area contributed by atoms with Crippen LogP contribution in [-0.2, 0) is 6.42 Å². The first-order valence-corrected chi connectivity index (χ1v) is 7.43. The quantitative estimate of drug-likeness (QED) is 0.869. The summed E-state index contributed by atoms with van der Waals surface area (Å²) in [5.74, 6) is 0.969. The Kier molecular flexibility index (Phi) is 3.39. The van der Waals surface area contributed by atoms with Crippen molar-refractivity contribution in [1.82, 2.24) is 5.32 Å². The summed E-state index contributed by atoms with van der Waals surface area (Å²) in [4.78, 5) is 0. The van der Waals surface area contributed by atoms with Gasteiger partial charge in [0.2, 0.25) is 0 Å². The topological polar surface area (TPSA) is 25.2 Å². The van der Waals surface area contributed by atoms with Gasteiger partial charge in [0.25, 0.3) is 0 Å². The highest BCUT2D eigenvalue weighted by molar-refractivity contribution is 6.30. The second-order valence-electron chi connectivity index (χ2n) is 6.35. The van der Waals surface area contributed by atoms with Crippen LogP contribution in [0.25, 0.3) is 0 Å². The van der Waals surface area contributed by atoms with E-state index < -0.39 is 0 Å². The zero-order valence-corrected chi connectivity index (χ0v) is 12.9. The SMILES string of the molecule is C[C@H](NC1c2cc(Cl)ccc2CC1(C)C)c1ccco1. The maximum atomic E-state index is 6.17. The van der Waals surface area contributed by atoms with Crippen LogP contribution in [-0.4, -0.2) is 0 Å². The van der Waals surface area contributed by atoms with Crippen LogP contribution in [0.5, 0.6) is 0 Å². The Labute approximate surface area is 125 Å². The molecule has 2 nitrogen and oxygen atoms in total. The van der Waals surface area contributed by atoms with Gasteiger partial charge >= 0.3 is 0 Å². The van der Waals surface area contributed by atoms with E-state index >= 15 is 0 Å². The molecule has 0 amide bonds. The molecule has 1 aliphatic rings. The van der Waals surface area contributed by atoms with Crippen molar-refractivity contribution in [2.75, 3.05) is 0 Å². The molecule has 0 bridgehead atoms. The monoisotopic (exact) mass is 289 g/mol. The number of hydrogen-bond donors (Lipinski definition) is 1. The zero-order valence-electron chi connectivity index (χ0n) is 12.1. The molecular weight excluding hydrogens is 270 g/mol. The second-order valence-corrected chi connectivity index (χ2v) is 6.78. The maximum Gasteiger partial charge on any atom is 0.120 e. The summed E-state index contributed by atoms with van der Waals surface area (Å²) in [6, 6.07) is 10.6. The van der Waals surface area contributed by atoms with Crippen LogP contribution in [0.2, 0.25) is 5.02 Å². The van der Waals surface area contributed by atoms with E-state index in [0.29, 0.717) is 0 Å². The van der Waals surface area contributed by atoms with Crippen molar-refractivity contribution in [2.45, 2.75) is 39.3 Å². The van der Waals surface area contributed by atoms with Gasteiger partial charge in [-0.15, -0.1) is 0 Å². The van der Waals surface area contributed by atoms with E-state index in [-0.39, 0.29) is 17.5 Å². The number of hydrogen-bond acceptors (Lipinski definition) is 2.